The van der Waals surface area contributed by atoms with Gasteiger partial charge in [0, 0.05) is 5.92 Å². The first-order valence-electron chi connectivity index (χ1n) is 13.7. The zero-order valence-electron chi connectivity index (χ0n) is 22.5. The van der Waals surface area contributed by atoms with Crippen molar-refractivity contribution < 1.29 is 29.0 Å². The van der Waals surface area contributed by atoms with Crippen molar-refractivity contribution in [2.24, 2.45) is 0 Å². The number of nitrogens with one attached hydrogen (secondary N) is 2. The van der Waals surface area contributed by atoms with E-state index in [2.05, 4.69) is 22.8 Å². The molecular formula is C32H34N2O6. The number of rotatable bonds is 10. The lowest BCUT2D eigenvalue weighted by Gasteiger charge is -2.31. The van der Waals surface area contributed by atoms with E-state index in [0.717, 1.165) is 40.7 Å². The van der Waals surface area contributed by atoms with Gasteiger partial charge >= 0.3 is 12.1 Å². The molecule has 5 rings (SSSR count). The fraction of sp³-hybridized carbons (Fsp3) is 0.344. The van der Waals surface area contributed by atoms with Gasteiger partial charge in [-0.2, -0.15) is 0 Å². The summed E-state index contributed by atoms with van der Waals surface area (Å²) in [5.74, 6) is -1.85. The SMILES string of the molecule is C[C@@H](OCc1ccccc1)[C@H](NC(=O)C1(NC(=O)OCC2c3ccccc3-c3ccccc32)CCCC1)C(=O)O. The van der Waals surface area contributed by atoms with Gasteiger partial charge in [-0.3, -0.25) is 4.79 Å². The molecule has 0 radical (unpaired) electrons. The van der Waals surface area contributed by atoms with Crippen LogP contribution in [0.2, 0.25) is 0 Å². The second-order valence-corrected chi connectivity index (χ2v) is 10.5. The highest BCUT2D eigenvalue weighted by molar-refractivity contribution is 5.93. The minimum Gasteiger partial charge on any atom is -0.480 e. The number of ether oxygens (including phenoxy) is 2. The second-order valence-electron chi connectivity index (χ2n) is 10.5. The maximum Gasteiger partial charge on any atom is 0.408 e. The van der Waals surface area contributed by atoms with Gasteiger partial charge in [0.25, 0.3) is 0 Å². The van der Waals surface area contributed by atoms with Crippen LogP contribution in [0.25, 0.3) is 11.1 Å². The van der Waals surface area contributed by atoms with Crippen LogP contribution in [0.4, 0.5) is 4.79 Å². The summed E-state index contributed by atoms with van der Waals surface area (Å²) in [5.41, 5.74) is 4.10. The predicted octanol–water partition coefficient (Wildman–Crippen LogP) is 5.01. The lowest BCUT2D eigenvalue weighted by atomic mass is 9.95. The smallest absolute Gasteiger partial charge is 0.408 e. The molecule has 2 atom stereocenters. The largest absolute Gasteiger partial charge is 0.480 e. The molecule has 0 aromatic heterocycles. The molecule has 2 aliphatic carbocycles. The first kappa shape index (κ1) is 27.4. The maximum atomic E-state index is 13.5. The Labute approximate surface area is 233 Å². The number of hydrogen-bond acceptors (Lipinski definition) is 5. The Morgan fingerprint density at radius 3 is 2.08 bits per heavy atom. The molecule has 3 aromatic rings. The molecule has 40 heavy (non-hydrogen) atoms. The van der Waals surface area contributed by atoms with Crippen LogP contribution in [0.3, 0.4) is 0 Å². The highest BCUT2D eigenvalue weighted by Crippen LogP contribution is 2.44. The summed E-state index contributed by atoms with van der Waals surface area (Å²) in [6.07, 6.45) is 0.765. The number of carbonyl (C=O) groups excluding carboxylic acids is 2. The summed E-state index contributed by atoms with van der Waals surface area (Å²) in [6.45, 7) is 1.95. The first-order valence-corrected chi connectivity index (χ1v) is 13.7. The highest BCUT2D eigenvalue weighted by atomic mass is 16.5. The fourth-order valence-electron chi connectivity index (χ4n) is 5.77. The average molecular weight is 543 g/mol. The summed E-state index contributed by atoms with van der Waals surface area (Å²) in [7, 11) is 0. The molecule has 8 heteroatoms. The van der Waals surface area contributed by atoms with E-state index in [0.29, 0.717) is 12.8 Å². The standard InChI is InChI=1S/C32H34N2O6/c1-21(39-19-22-11-3-2-4-12-22)28(29(35)36)33-30(37)32(17-9-10-18-32)34-31(38)40-20-27-25-15-7-5-13-23(25)24-14-6-8-16-26(24)27/h2-8,11-16,21,27-28H,9-10,17-20H2,1H3,(H,33,37)(H,34,38)(H,35,36)/t21-,28+/m1/s1. The Morgan fingerprint density at radius 1 is 0.900 bits per heavy atom. The van der Waals surface area contributed by atoms with E-state index in [9.17, 15) is 19.5 Å². The molecule has 0 heterocycles. The molecule has 0 spiro atoms. The van der Waals surface area contributed by atoms with Crippen LogP contribution in [0, 0.1) is 0 Å². The van der Waals surface area contributed by atoms with Gasteiger partial charge in [-0.05, 0) is 47.6 Å². The average Bonchev–Trinajstić information content (AvgIpc) is 3.57. The molecule has 2 amide bonds. The normalized spacial score (nSPS) is 16.8. The number of benzene rings is 3. The van der Waals surface area contributed by atoms with Crippen LogP contribution in [-0.2, 0) is 25.7 Å². The summed E-state index contributed by atoms with van der Waals surface area (Å²) in [5, 5.41) is 15.3. The lowest BCUT2D eigenvalue weighted by Crippen LogP contribution is -2.61. The second kappa shape index (κ2) is 11.9. The van der Waals surface area contributed by atoms with Crippen LogP contribution in [-0.4, -0.2) is 47.4 Å². The van der Waals surface area contributed by atoms with Crippen LogP contribution >= 0.6 is 0 Å². The van der Waals surface area contributed by atoms with Crippen molar-refractivity contribution in [3.8, 4) is 11.1 Å². The third-order valence-electron chi connectivity index (χ3n) is 7.95. The third kappa shape index (κ3) is 5.72. The molecule has 0 bridgehead atoms. The lowest BCUT2D eigenvalue weighted by molar-refractivity contribution is -0.147. The van der Waals surface area contributed by atoms with E-state index < -0.39 is 35.7 Å². The van der Waals surface area contributed by atoms with Gasteiger partial charge in [0.2, 0.25) is 5.91 Å². The number of carboxylic acid groups (broad SMARTS) is 1. The van der Waals surface area contributed by atoms with Crippen molar-refractivity contribution in [1.29, 1.82) is 0 Å². The molecule has 2 aliphatic rings. The molecule has 3 aromatic carbocycles. The molecule has 1 fully saturated rings. The van der Waals surface area contributed by atoms with Gasteiger partial charge in [-0.15, -0.1) is 0 Å². The van der Waals surface area contributed by atoms with E-state index in [-0.39, 0.29) is 19.1 Å². The van der Waals surface area contributed by atoms with Crippen molar-refractivity contribution in [3.05, 3.63) is 95.6 Å². The molecule has 1 saturated carbocycles. The van der Waals surface area contributed by atoms with Gasteiger partial charge in [-0.25, -0.2) is 9.59 Å². The van der Waals surface area contributed by atoms with Gasteiger partial charge < -0.3 is 25.2 Å². The monoisotopic (exact) mass is 542 g/mol. The van der Waals surface area contributed by atoms with Gasteiger partial charge in [0.05, 0.1) is 12.7 Å². The van der Waals surface area contributed by atoms with Crippen molar-refractivity contribution in [1.82, 2.24) is 10.6 Å². The number of alkyl carbamates (subject to hydrolysis) is 1. The fourth-order valence-corrected chi connectivity index (χ4v) is 5.77. The van der Waals surface area contributed by atoms with Crippen molar-refractivity contribution in [2.75, 3.05) is 6.61 Å². The maximum absolute atomic E-state index is 13.5. The molecule has 3 N–H and O–H groups in total. The Kier molecular flexibility index (Phi) is 8.16. The quantitative estimate of drug-likeness (QED) is 0.332. The number of aliphatic carboxylic acids is 1. The number of carboxylic acids is 1. The third-order valence-corrected chi connectivity index (χ3v) is 7.95. The Hall–Kier alpha value is -4.17. The molecular weight excluding hydrogens is 508 g/mol. The number of carbonyl (C=O) groups is 3. The van der Waals surface area contributed by atoms with Gasteiger partial charge in [0.1, 0.15) is 12.1 Å². The molecule has 0 saturated heterocycles. The zero-order chi connectivity index (χ0) is 28.1. The van der Waals surface area contributed by atoms with E-state index in [4.69, 9.17) is 9.47 Å². The number of hydrogen-bond donors (Lipinski definition) is 3. The van der Waals surface area contributed by atoms with E-state index in [1.165, 1.54) is 0 Å². The number of amides is 2. The van der Waals surface area contributed by atoms with E-state index in [1.54, 1.807) is 6.92 Å². The summed E-state index contributed by atoms with van der Waals surface area (Å²) >= 11 is 0. The summed E-state index contributed by atoms with van der Waals surface area (Å²) < 4.78 is 11.5. The van der Waals surface area contributed by atoms with Gasteiger partial charge in [0.15, 0.2) is 6.04 Å². The van der Waals surface area contributed by atoms with E-state index in [1.807, 2.05) is 66.7 Å². The Bertz CT molecular complexity index is 1320. The molecule has 208 valence electrons. The Balaban J connectivity index is 1.23. The van der Waals surface area contributed by atoms with Crippen molar-refractivity contribution >= 4 is 18.0 Å². The van der Waals surface area contributed by atoms with Crippen LogP contribution in [0.15, 0.2) is 78.9 Å². The summed E-state index contributed by atoms with van der Waals surface area (Å²) in [4.78, 5) is 38.6. The first-order chi connectivity index (χ1) is 19.4. The summed E-state index contributed by atoms with van der Waals surface area (Å²) in [6, 6.07) is 24.3. The van der Waals surface area contributed by atoms with Crippen molar-refractivity contribution in [2.45, 2.75) is 62.8 Å². The zero-order valence-corrected chi connectivity index (χ0v) is 22.5. The highest BCUT2D eigenvalue weighted by Gasteiger charge is 2.45. The molecule has 0 unspecified atom stereocenters. The predicted molar refractivity (Wildman–Crippen MR) is 150 cm³/mol. The van der Waals surface area contributed by atoms with E-state index >= 15 is 0 Å². The molecule has 8 nitrogen and oxygen atoms in total. The number of fused-ring (bicyclic) bond motifs is 3. The minimum absolute atomic E-state index is 0.106. The van der Waals surface area contributed by atoms with Gasteiger partial charge in [-0.1, -0.05) is 91.7 Å². The van der Waals surface area contributed by atoms with Crippen LogP contribution < -0.4 is 10.6 Å². The van der Waals surface area contributed by atoms with Crippen molar-refractivity contribution in [3.63, 3.8) is 0 Å². The Morgan fingerprint density at radius 2 is 1.48 bits per heavy atom. The molecule has 0 aliphatic heterocycles. The van der Waals surface area contributed by atoms with Crippen LogP contribution in [0.1, 0.15) is 55.2 Å². The topological polar surface area (TPSA) is 114 Å². The van der Waals surface area contributed by atoms with Crippen LogP contribution in [0.5, 0.6) is 0 Å². The minimum atomic E-state index is -1.28.